The number of nitrogens with zero attached hydrogens (tertiary/aromatic N) is 1. The van der Waals surface area contributed by atoms with Gasteiger partial charge in [-0.3, -0.25) is 0 Å². The van der Waals surface area contributed by atoms with E-state index >= 15 is 0 Å². The maximum absolute atomic E-state index is 5.86. The zero-order valence-electron chi connectivity index (χ0n) is 37.6. The molecule has 0 aliphatic heterocycles. The van der Waals surface area contributed by atoms with Crippen LogP contribution in [0.1, 0.15) is 37.8 Å². The molecule has 3 nitrogen and oxygen atoms in total. The standard InChI is InChI=1S/C36H30N2.C24H23N.C2H6/c1-2-3-4-5-6-7-11-17-36-34(27-28-19-21-29(22-20-28)30-23-25-31(37)26-24-30)33-16-12-13-18-35(33)38(36)32-14-9-8-10-15-32;1-2-21(15-11-14-20-12-5-3-6-13-20)23-18-9-10-19-24(23)25-22-16-7-4-8-17-22;1-2/h2-27H,1,37H2;2-9,11-18,25H,1,10,19H2;1-2H3/b4-3-,6-5-,11-7+,34-27-,36-17+;14-11-,21-15+;. The molecule has 0 fully saturated rings. The number of nitrogen functional groups attached to an aromatic ring is 1. The fourth-order valence-electron chi connectivity index (χ4n) is 7.41. The number of hydrogen-bond donors (Lipinski definition) is 2. The van der Waals surface area contributed by atoms with Crippen LogP contribution in [0.5, 0.6) is 0 Å². The second-order valence-electron chi connectivity index (χ2n) is 14.9. The Morgan fingerprint density at radius 3 is 1.89 bits per heavy atom. The van der Waals surface area contributed by atoms with E-state index in [-0.39, 0.29) is 0 Å². The predicted molar refractivity (Wildman–Crippen MR) is 285 cm³/mol. The normalized spacial score (nSPS) is 13.4. The molecule has 65 heavy (non-hydrogen) atoms. The average molecular weight is 846 g/mol. The Balaban J connectivity index is 0.000000225. The van der Waals surface area contributed by atoms with Gasteiger partial charge in [-0.25, -0.2) is 0 Å². The van der Waals surface area contributed by atoms with E-state index in [0.29, 0.717) is 0 Å². The number of fused-ring (bicyclic) bond motifs is 1. The molecule has 0 unspecified atom stereocenters. The van der Waals surface area contributed by atoms with Gasteiger partial charge >= 0.3 is 0 Å². The van der Waals surface area contributed by atoms with Gasteiger partial charge in [-0.15, -0.1) is 0 Å². The van der Waals surface area contributed by atoms with Gasteiger partial charge in [0, 0.05) is 38.9 Å². The second-order valence-corrected chi connectivity index (χ2v) is 14.9. The van der Waals surface area contributed by atoms with Crippen LogP contribution in [0.2, 0.25) is 0 Å². The number of nitrogens with one attached hydrogen (secondary N) is 1. The van der Waals surface area contributed by atoms with Crippen molar-refractivity contribution in [3.05, 3.63) is 288 Å². The number of hydrogen-bond acceptors (Lipinski definition) is 2. The van der Waals surface area contributed by atoms with Crippen molar-refractivity contribution < 1.29 is 0 Å². The van der Waals surface area contributed by atoms with E-state index in [2.05, 4.69) is 187 Å². The summed E-state index contributed by atoms with van der Waals surface area (Å²) in [6, 6.07) is 56.4. The van der Waals surface area contributed by atoms with Crippen LogP contribution in [0.4, 0.5) is 11.4 Å². The van der Waals surface area contributed by atoms with Crippen LogP contribution in [-0.2, 0) is 0 Å². The van der Waals surface area contributed by atoms with E-state index in [1.54, 1.807) is 6.08 Å². The van der Waals surface area contributed by atoms with Crippen molar-refractivity contribution in [1.82, 2.24) is 4.57 Å². The lowest BCUT2D eigenvalue weighted by Crippen LogP contribution is -2.28. The van der Waals surface area contributed by atoms with Crippen LogP contribution in [0.25, 0.3) is 45.9 Å². The molecular formula is C62H59N3. The van der Waals surface area contributed by atoms with E-state index in [9.17, 15) is 0 Å². The second kappa shape index (κ2) is 25.1. The molecule has 0 atom stereocenters. The maximum Gasteiger partial charge on any atom is 0.0541 e. The van der Waals surface area contributed by atoms with E-state index in [1.165, 1.54) is 38.5 Å². The summed E-state index contributed by atoms with van der Waals surface area (Å²) in [4.78, 5) is 0. The molecule has 1 heterocycles. The van der Waals surface area contributed by atoms with E-state index in [4.69, 9.17) is 5.73 Å². The lowest BCUT2D eigenvalue weighted by atomic mass is 9.95. The van der Waals surface area contributed by atoms with Gasteiger partial charge in [0.05, 0.1) is 10.9 Å². The highest BCUT2D eigenvalue weighted by Crippen LogP contribution is 2.27. The molecule has 7 aromatic rings. The van der Waals surface area contributed by atoms with E-state index in [0.717, 1.165) is 52.0 Å². The van der Waals surface area contributed by atoms with Gasteiger partial charge in [-0.2, -0.15) is 0 Å². The van der Waals surface area contributed by atoms with Crippen molar-refractivity contribution in [2.24, 2.45) is 0 Å². The molecule has 1 aliphatic carbocycles. The van der Waals surface area contributed by atoms with Crippen LogP contribution >= 0.6 is 0 Å². The summed E-state index contributed by atoms with van der Waals surface area (Å²) in [5, 5.41) is 7.10. The van der Waals surface area contributed by atoms with Gasteiger partial charge in [-0.1, -0.05) is 227 Å². The van der Waals surface area contributed by atoms with Crippen molar-refractivity contribution in [2.75, 3.05) is 11.1 Å². The topological polar surface area (TPSA) is 43.0 Å². The highest BCUT2D eigenvalue weighted by molar-refractivity contribution is 5.85. The molecule has 0 amide bonds. The average Bonchev–Trinajstić information content (AvgIpc) is 3.67. The number of benzene rings is 6. The fourth-order valence-corrected chi connectivity index (χ4v) is 7.41. The number of para-hydroxylation sites is 3. The van der Waals surface area contributed by atoms with Crippen molar-refractivity contribution in [1.29, 1.82) is 0 Å². The molecule has 0 bridgehead atoms. The Labute approximate surface area is 386 Å². The molecule has 3 N–H and O–H groups in total. The van der Waals surface area contributed by atoms with Crippen LogP contribution in [0.15, 0.2) is 267 Å². The van der Waals surface area contributed by atoms with Crippen molar-refractivity contribution in [2.45, 2.75) is 26.7 Å². The summed E-state index contributed by atoms with van der Waals surface area (Å²) >= 11 is 0. The monoisotopic (exact) mass is 845 g/mol. The SMILES string of the molecule is C=C/C(=C\C=C/c1ccccc1)C1=C(Nc2ccccc2)CCC=C1.C=C\C=C/C=C\C=C\C=c1/c(=C\c2ccc(-c3ccc(N)cc3)cc2)c2ccccc2n1-c1ccccc1.CC. The van der Waals surface area contributed by atoms with Crippen LogP contribution in [-0.4, -0.2) is 4.57 Å². The van der Waals surface area contributed by atoms with Crippen LogP contribution in [0, 0.1) is 0 Å². The molecule has 0 saturated heterocycles. The zero-order valence-corrected chi connectivity index (χ0v) is 37.6. The van der Waals surface area contributed by atoms with Crippen LogP contribution in [0.3, 0.4) is 0 Å². The van der Waals surface area contributed by atoms with Gasteiger partial charge in [0.1, 0.15) is 0 Å². The number of anilines is 2. The minimum absolute atomic E-state index is 0.773. The smallest absolute Gasteiger partial charge is 0.0541 e. The largest absolute Gasteiger partial charge is 0.399 e. The summed E-state index contributed by atoms with van der Waals surface area (Å²) in [6.07, 6.45) is 33.0. The fraction of sp³-hybridized carbons (Fsp3) is 0.0645. The predicted octanol–water partition coefficient (Wildman–Crippen LogP) is 14.9. The first-order chi connectivity index (χ1) is 32.1. The maximum atomic E-state index is 5.86. The highest BCUT2D eigenvalue weighted by Gasteiger charge is 2.12. The summed E-state index contributed by atoms with van der Waals surface area (Å²) < 4.78 is 2.33. The molecule has 1 aliphatic rings. The lowest BCUT2D eigenvalue weighted by molar-refractivity contribution is 0.950. The number of rotatable bonds is 13. The van der Waals surface area contributed by atoms with Crippen molar-refractivity contribution in [3.63, 3.8) is 0 Å². The lowest BCUT2D eigenvalue weighted by Gasteiger charge is -2.19. The molecule has 1 aromatic heterocycles. The molecule has 8 rings (SSSR count). The molecule has 3 heteroatoms. The highest BCUT2D eigenvalue weighted by atomic mass is 15.0. The number of aromatic nitrogens is 1. The summed E-state index contributed by atoms with van der Waals surface area (Å²) in [7, 11) is 0. The molecular weight excluding hydrogens is 787 g/mol. The van der Waals surface area contributed by atoms with E-state index in [1.807, 2.05) is 98.8 Å². The minimum Gasteiger partial charge on any atom is -0.399 e. The Hall–Kier alpha value is -8.14. The van der Waals surface area contributed by atoms with Gasteiger partial charge in [0.15, 0.2) is 0 Å². The third-order valence-corrected chi connectivity index (χ3v) is 10.5. The third-order valence-electron chi connectivity index (χ3n) is 10.5. The van der Waals surface area contributed by atoms with E-state index < -0.39 is 0 Å². The Kier molecular flexibility index (Phi) is 17.9. The molecule has 0 spiro atoms. The van der Waals surface area contributed by atoms with Gasteiger partial charge in [0.2, 0.25) is 0 Å². The van der Waals surface area contributed by atoms with Gasteiger partial charge in [0.25, 0.3) is 0 Å². The van der Waals surface area contributed by atoms with Crippen molar-refractivity contribution in [3.8, 4) is 16.8 Å². The molecule has 322 valence electrons. The summed E-state index contributed by atoms with van der Waals surface area (Å²) in [5.41, 5.74) is 18.3. The Morgan fingerprint density at radius 1 is 0.615 bits per heavy atom. The van der Waals surface area contributed by atoms with Gasteiger partial charge < -0.3 is 15.6 Å². The van der Waals surface area contributed by atoms with Crippen LogP contribution < -0.4 is 21.6 Å². The minimum atomic E-state index is 0.773. The van der Waals surface area contributed by atoms with Crippen molar-refractivity contribution >= 4 is 40.5 Å². The molecule has 0 saturated carbocycles. The summed E-state index contributed by atoms with van der Waals surface area (Å²) in [5.74, 6) is 0. The number of allylic oxidation sites excluding steroid dienone is 15. The van der Waals surface area contributed by atoms with Gasteiger partial charge in [-0.05, 0) is 95.3 Å². The number of nitrogens with two attached hydrogens (primary N) is 1. The first-order valence-electron chi connectivity index (χ1n) is 22.3. The first kappa shape index (κ1) is 46.4. The summed E-state index contributed by atoms with van der Waals surface area (Å²) in [6.45, 7) is 11.7. The first-order valence-corrected chi connectivity index (χ1v) is 22.3. The molecule has 6 aromatic carbocycles. The zero-order chi connectivity index (χ0) is 45.5. The Morgan fingerprint density at radius 2 is 1.22 bits per heavy atom. The quantitative estimate of drug-likeness (QED) is 0.0897. The third kappa shape index (κ3) is 13.2. The molecule has 0 radical (unpaired) electrons. The Bertz CT molecular complexity index is 2950.